The van der Waals surface area contributed by atoms with Crippen molar-refractivity contribution in [1.29, 1.82) is 0 Å². The summed E-state index contributed by atoms with van der Waals surface area (Å²) < 4.78 is 32.4. The van der Waals surface area contributed by atoms with Gasteiger partial charge in [0, 0.05) is 31.8 Å². The third kappa shape index (κ3) is 4.73. The maximum absolute atomic E-state index is 13.3. The quantitative estimate of drug-likeness (QED) is 0.821. The number of nitrogens with two attached hydrogens (primary N) is 1. The van der Waals surface area contributed by atoms with Crippen LogP contribution in [0.4, 0.5) is 8.78 Å². The van der Waals surface area contributed by atoms with Crippen molar-refractivity contribution in [3.8, 4) is 0 Å². The molecule has 0 aromatic heterocycles. The molecule has 1 aliphatic rings. The second-order valence-electron chi connectivity index (χ2n) is 5.63. The molecule has 1 saturated heterocycles. The van der Waals surface area contributed by atoms with E-state index in [9.17, 15) is 8.78 Å². The first kappa shape index (κ1) is 16.3. The summed E-state index contributed by atoms with van der Waals surface area (Å²) in [5.41, 5.74) is 6.14. The van der Waals surface area contributed by atoms with Gasteiger partial charge in [-0.1, -0.05) is 0 Å². The Kier molecular flexibility index (Phi) is 6.08. The molecule has 2 N–H and O–H groups in total. The molecule has 118 valence electrons. The molecule has 1 aromatic rings. The summed E-state index contributed by atoms with van der Waals surface area (Å²) in [5, 5.41) is 0. The molecule has 5 heteroatoms. The van der Waals surface area contributed by atoms with Crippen molar-refractivity contribution >= 4 is 0 Å². The summed E-state index contributed by atoms with van der Waals surface area (Å²) in [7, 11) is 0. The minimum Gasteiger partial charge on any atom is -0.378 e. The Labute approximate surface area is 125 Å². The number of nitrogens with zero attached hydrogens (tertiary/aromatic N) is 1. The molecular weight excluding hydrogens is 274 g/mol. The summed E-state index contributed by atoms with van der Waals surface area (Å²) >= 11 is 0. The highest BCUT2D eigenvalue weighted by molar-refractivity contribution is 5.21. The fourth-order valence-corrected chi connectivity index (χ4v) is 2.79. The van der Waals surface area contributed by atoms with Crippen molar-refractivity contribution in [2.45, 2.75) is 38.3 Å². The van der Waals surface area contributed by atoms with Gasteiger partial charge in [0.05, 0.1) is 6.10 Å². The first-order chi connectivity index (χ1) is 10.1. The van der Waals surface area contributed by atoms with E-state index in [1.807, 2.05) is 6.92 Å². The largest absolute Gasteiger partial charge is 0.378 e. The van der Waals surface area contributed by atoms with Gasteiger partial charge in [-0.15, -0.1) is 0 Å². The Morgan fingerprint density at radius 1 is 1.24 bits per heavy atom. The molecule has 1 atom stereocenters. The number of ether oxygens (including phenoxy) is 1. The summed E-state index contributed by atoms with van der Waals surface area (Å²) in [6, 6.07) is 3.75. The molecule has 2 rings (SSSR count). The Bertz CT molecular complexity index is 428. The van der Waals surface area contributed by atoms with Crippen molar-refractivity contribution in [3.05, 3.63) is 35.4 Å². The normalized spacial score (nSPS) is 18.9. The molecule has 0 spiro atoms. The van der Waals surface area contributed by atoms with E-state index >= 15 is 0 Å². The minimum absolute atomic E-state index is 0.0141. The van der Waals surface area contributed by atoms with E-state index in [1.54, 1.807) is 0 Å². The molecule has 0 bridgehead atoms. The maximum atomic E-state index is 13.3. The Morgan fingerprint density at radius 2 is 1.86 bits per heavy atom. The summed E-state index contributed by atoms with van der Waals surface area (Å²) in [5.74, 6) is -1.03. The lowest BCUT2D eigenvalue weighted by atomic mass is 10.0. The van der Waals surface area contributed by atoms with Crippen LogP contribution in [0, 0.1) is 11.6 Å². The van der Waals surface area contributed by atoms with Crippen LogP contribution in [0.25, 0.3) is 0 Å². The van der Waals surface area contributed by atoms with E-state index in [4.69, 9.17) is 10.5 Å². The van der Waals surface area contributed by atoms with Crippen LogP contribution in [-0.4, -0.2) is 37.2 Å². The molecule has 3 nitrogen and oxygen atoms in total. The van der Waals surface area contributed by atoms with Crippen LogP contribution in [-0.2, 0) is 4.74 Å². The maximum Gasteiger partial charge on any atom is 0.126 e. The minimum atomic E-state index is -0.517. The highest BCUT2D eigenvalue weighted by Gasteiger charge is 2.24. The lowest BCUT2D eigenvalue weighted by Crippen LogP contribution is -2.38. The number of hydrogen-bond donors (Lipinski definition) is 1. The van der Waals surface area contributed by atoms with Gasteiger partial charge < -0.3 is 10.5 Å². The van der Waals surface area contributed by atoms with E-state index in [1.165, 1.54) is 12.1 Å². The highest BCUT2D eigenvalue weighted by atomic mass is 19.1. The molecular formula is C16H24F2N2O. The molecule has 21 heavy (non-hydrogen) atoms. The Morgan fingerprint density at radius 3 is 2.43 bits per heavy atom. The van der Waals surface area contributed by atoms with Gasteiger partial charge in [0.25, 0.3) is 0 Å². The van der Waals surface area contributed by atoms with Crippen molar-refractivity contribution < 1.29 is 13.5 Å². The molecule has 0 radical (unpaired) electrons. The molecule has 0 aliphatic carbocycles. The molecule has 0 amide bonds. The smallest absolute Gasteiger partial charge is 0.126 e. The zero-order valence-corrected chi connectivity index (χ0v) is 12.5. The van der Waals surface area contributed by atoms with Crippen molar-refractivity contribution in [1.82, 2.24) is 4.90 Å². The van der Waals surface area contributed by atoms with Crippen LogP contribution >= 0.6 is 0 Å². The van der Waals surface area contributed by atoms with Crippen LogP contribution in [0.2, 0.25) is 0 Å². The lowest BCUT2D eigenvalue weighted by Gasteiger charge is -2.36. The van der Waals surface area contributed by atoms with Crippen LogP contribution < -0.4 is 5.73 Å². The average molecular weight is 298 g/mol. The van der Waals surface area contributed by atoms with Gasteiger partial charge in [0.2, 0.25) is 0 Å². The van der Waals surface area contributed by atoms with Crippen LogP contribution in [0.3, 0.4) is 0 Å². The van der Waals surface area contributed by atoms with E-state index in [0.29, 0.717) is 18.7 Å². The van der Waals surface area contributed by atoms with Crippen molar-refractivity contribution in [2.24, 2.45) is 5.73 Å². The molecule has 1 fully saturated rings. The predicted molar refractivity (Wildman–Crippen MR) is 79.0 cm³/mol. The molecule has 1 aromatic carbocycles. The van der Waals surface area contributed by atoms with Gasteiger partial charge in [-0.2, -0.15) is 0 Å². The molecule has 0 saturated carbocycles. The number of halogens is 2. The predicted octanol–water partition coefficient (Wildman–Crippen LogP) is 2.86. The van der Waals surface area contributed by atoms with Gasteiger partial charge in [0.1, 0.15) is 11.6 Å². The zero-order valence-electron chi connectivity index (χ0n) is 12.5. The van der Waals surface area contributed by atoms with Crippen LogP contribution in [0.1, 0.15) is 37.8 Å². The number of likely N-dealkylation sites (tertiary alicyclic amines) is 1. The first-order valence-electron chi connectivity index (χ1n) is 7.62. The molecule has 1 unspecified atom stereocenters. The molecule has 1 aliphatic heterocycles. The second-order valence-corrected chi connectivity index (χ2v) is 5.63. The van der Waals surface area contributed by atoms with Crippen LogP contribution in [0.15, 0.2) is 18.2 Å². The Hall–Kier alpha value is -1.04. The SMILES string of the molecule is CC(c1cc(F)cc(F)c1)N1CCC(OCCCN)CC1. The summed E-state index contributed by atoms with van der Waals surface area (Å²) in [6.07, 6.45) is 3.07. The number of benzene rings is 1. The monoisotopic (exact) mass is 298 g/mol. The summed E-state index contributed by atoms with van der Waals surface area (Å²) in [4.78, 5) is 2.25. The Balaban J connectivity index is 1.86. The van der Waals surface area contributed by atoms with E-state index in [2.05, 4.69) is 4.90 Å². The van der Waals surface area contributed by atoms with Crippen molar-refractivity contribution in [3.63, 3.8) is 0 Å². The number of piperidine rings is 1. The lowest BCUT2D eigenvalue weighted by molar-refractivity contribution is -0.000799. The summed E-state index contributed by atoms with van der Waals surface area (Å²) in [6.45, 7) is 5.12. The highest BCUT2D eigenvalue weighted by Crippen LogP contribution is 2.26. The van der Waals surface area contributed by atoms with Crippen LogP contribution in [0.5, 0.6) is 0 Å². The van der Waals surface area contributed by atoms with Gasteiger partial charge in [0.15, 0.2) is 0 Å². The number of hydrogen-bond acceptors (Lipinski definition) is 3. The van der Waals surface area contributed by atoms with Crippen molar-refractivity contribution in [2.75, 3.05) is 26.2 Å². The zero-order chi connectivity index (χ0) is 15.2. The van der Waals surface area contributed by atoms with Gasteiger partial charge in [-0.3, -0.25) is 4.90 Å². The average Bonchev–Trinajstić information content (AvgIpc) is 2.46. The van der Waals surface area contributed by atoms with E-state index in [-0.39, 0.29) is 12.1 Å². The first-order valence-corrected chi connectivity index (χ1v) is 7.62. The topological polar surface area (TPSA) is 38.5 Å². The van der Waals surface area contributed by atoms with Gasteiger partial charge >= 0.3 is 0 Å². The third-order valence-electron chi connectivity index (χ3n) is 4.09. The van der Waals surface area contributed by atoms with Gasteiger partial charge in [-0.05, 0) is 50.4 Å². The second kappa shape index (κ2) is 7.82. The standard InChI is InChI=1S/C16H24F2N2O/c1-12(13-9-14(17)11-15(18)10-13)20-6-3-16(4-7-20)21-8-2-5-19/h9-12,16H,2-8,19H2,1H3. The van der Waals surface area contributed by atoms with Gasteiger partial charge in [-0.25, -0.2) is 8.78 Å². The molecule has 1 heterocycles. The third-order valence-corrected chi connectivity index (χ3v) is 4.09. The number of rotatable bonds is 6. The van der Waals surface area contributed by atoms with E-state index < -0.39 is 11.6 Å². The fourth-order valence-electron chi connectivity index (χ4n) is 2.79. The fraction of sp³-hybridized carbons (Fsp3) is 0.625. The van der Waals surface area contributed by atoms with E-state index in [0.717, 1.165) is 38.4 Å².